The molecule has 2 atom stereocenters. The minimum atomic E-state index is -1.32. The first-order valence-corrected chi connectivity index (χ1v) is 8.38. The molecule has 2 rings (SSSR count). The highest BCUT2D eigenvalue weighted by molar-refractivity contribution is 7.85. The van der Waals surface area contributed by atoms with E-state index in [1.807, 2.05) is 24.3 Å². The third-order valence-corrected chi connectivity index (χ3v) is 5.03. The summed E-state index contributed by atoms with van der Waals surface area (Å²) in [6, 6.07) is 11.7. The van der Waals surface area contributed by atoms with Crippen LogP contribution in [0.15, 0.2) is 47.4 Å². The lowest BCUT2D eigenvalue weighted by atomic mass is 10.1. The maximum absolute atomic E-state index is 13.1. The van der Waals surface area contributed by atoms with Crippen molar-refractivity contribution in [3.63, 3.8) is 0 Å². The van der Waals surface area contributed by atoms with Crippen LogP contribution in [0.4, 0.5) is 4.39 Å². The largest absolute Gasteiger partial charge is 0.323 e. The van der Waals surface area contributed by atoms with Gasteiger partial charge in [-0.05, 0) is 35.7 Å². The van der Waals surface area contributed by atoms with Gasteiger partial charge in [0.15, 0.2) is 0 Å². The molecule has 0 saturated heterocycles. The number of benzene rings is 2. The van der Waals surface area contributed by atoms with Crippen LogP contribution in [-0.2, 0) is 17.2 Å². The zero-order chi connectivity index (χ0) is 15.4. The van der Waals surface area contributed by atoms with Gasteiger partial charge in [-0.15, -0.1) is 0 Å². The van der Waals surface area contributed by atoms with Crippen molar-refractivity contribution in [3.05, 3.63) is 64.4 Å². The molecule has 0 aromatic heterocycles. The third kappa shape index (κ3) is 4.13. The van der Waals surface area contributed by atoms with E-state index in [0.717, 1.165) is 12.0 Å². The van der Waals surface area contributed by atoms with Gasteiger partial charge in [0.2, 0.25) is 0 Å². The van der Waals surface area contributed by atoms with E-state index in [1.54, 1.807) is 0 Å². The predicted octanol–water partition coefficient (Wildman–Crippen LogP) is 3.85. The van der Waals surface area contributed by atoms with Gasteiger partial charge in [-0.2, -0.15) is 0 Å². The summed E-state index contributed by atoms with van der Waals surface area (Å²) in [7, 11) is -1.32. The first kappa shape index (κ1) is 16.1. The number of nitrogens with two attached hydrogens (primary N) is 1. The Balaban J connectivity index is 2.08. The Morgan fingerprint density at radius 3 is 2.48 bits per heavy atom. The fourth-order valence-corrected chi connectivity index (χ4v) is 3.40. The lowest BCUT2D eigenvalue weighted by Crippen LogP contribution is -2.18. The average Bonchev–Trinajstić information content (AvgIpc) is 2.50. The molecular formula is C16H17ClFNOS. The molecule has 0 saturated carbocycles. The smallest absolute Gasteiger partial charge is 0.141 e. The molecule has 2 aromatic carbocycles. The van der Waals surface area contributed by atoms with Crippen molar-refractivity contribution in [2.45, 2.75) is 24.3 Å². The molecule has 0 spiro atoms. The lowest BCUT2D eigenvalue weighted by Gasteiger charge is -2.12. The highest BCUT2D eigenvalue weighted by atomic mass is 35.5. The van der Waals surface area contributed by atoms with Crippen LogP contribution >= 0.6 is 11.6 Å². The van der Waals surface area contributed by atoms with E-state index >= 15 is 0 Å². The fourth-order valence-electron chi connectivity index (χ4n) is 1.97. The summed E-state index contributed by atoms with van der Waals surface area (Å²) in [5, 5.41) is -0.0262. The number of hydrogen-bond acceptors (Lipinski definition) is 2. The van der Waals surface area contributed by atoms with Gasteiger partial charge < -0.3 is 5.73 Å². The first-order chi connectivity index (χ1) is 10.0. The standard InChI is InChI=1S/C16H17ClFNOS/c1-2-11-3-5-12(6-4-11)16(19)10-21(20)13-7-8-15(18)14(17)9-13/h3-9,16H,2,10,19H2,1H3. The highest BCUT2D eigenvalue weighted by Crippen LogP contribution is 2.21. The summed E-state index contributed by atoms with van der Waals surface area (Å²) in [6.45, 7) is 2.09. The van der Waals surface area contributed by atoms with Crippen LogP contribution in [0.1, 0.15) is 24.1 Å². The van der Waals surface area contributed by atoms with Crippen molar-refractivity contribution in [2.24, 2.45) is 5.73 Å². The van der Waals surface area contributed by atoms with Crippen molar-refractivity contribution in [2.75, 3.05) is 5.75 Å². The van der Waals surface area contributed by atoms with Crippen LogP contribution in [0.3, 0.4) is 0 Å². The van der Waals surface area contributed by atoms with Gasteiger partial charge in [-0.3, -0.25) is 4.21 Å². The number of hydrogen-bond donors (Lipinski definition) is 1. The topological polar surface area (TPSA) is 43.1 Å². The van der Waals surface area contributed by atoms with Gasteiger partial charge in [0.1, 0.15) is 5.82 Å². The number of aryl methyl sites for hydroxylation is 1. The Kier molecular flexibility index (Phi) is 5.51. The monoisotopic (exact) mass is 325 g/mol. The van der Waals surface area contributed by atoms with Gasteiger partial charge in [0, 0.05) is 16.7 Å². The van der Waals surface area contributed by atoms with Gasteiger partial charge >= 0.3 is 0 Å². The average molecular weight is 326 g/mol. The molecule has 2 aromatic rings. The van der Waals surface area contributed by atoms with E-state index < -0.39 is 16.6 Å². The Labute approximate surface area is 131 Å². The van der Waals surface area contributed by atoms with E-state index in [1.165, 1.54) is 23.8 Å². The molecule has 112 valence electrons. The molecule has 2 N–H and O–H groups in total. The second kappa shape index (κ2) is 7.16. The summed E-state index contributed by atoms with van der Waals surface area (Å²) in [5.74, 6) is -0.246. The molecule has 2 nitrogen and oxygen atoms in total. The number of halogens is 2. The molecule has 0 fully saturated rings. The Morgan fingerprint density at radius 2 is 1.90 bits per heavy atom. The van der Waals surface area contributed by atoms with E-state index in [0.29, 0.717) is 4.90 Å². The van der Waals surface area contributed by atoms with E-state index in [4.69, 9.17) is 17.3 Å². The Bertz CT molecular complexity index is 645. The minimum Gasteiger partial charge on any atom is -0.323 e. The first-order valence-electron chi connectivity index (χ1n) is 6.69. The van der Waals surface area contributed by atoms with Crippen molar-refractivity contribution < 1.29 is 8.60 Å². The fraction of sp³-hybridized carbons (Fsp3) is 0.250. The lowest BCUT2D eigenvalue weighted by molar-refractivity contribution is 0.626. The summed E-state index contributed by atoms with van der Waals surface area (Å²) >= 11 is 5.70. The summed E-state index contributed by atoms with van der Waals surface area (Å²) in [5.41, 5.74) is 8.26. The quantitative estimate of drug-likeness (QED) is 0.907. The zero-order valence-corrected chi connectivity index (χ0v) is 13.3. The van der Waals surface area contributed by atoms with Crippen LogP contribution < -0.4 is 5.73 Å². The SMILES string of the molecule is CCc1ccc(C(N)CS(=O)c2ccc(F)c(Cl)c2)cc1. The van der Waals surface area contributed by atoms with Crippen LogP contribution in [0.25, 0.3) is 0 Å². The molecule has 0 amide bonds. The minimum absolute atomic E-state index is 0.0262. The van der Waals surface area contributed by atoms with Crippen LogP contribution in [0.5, 0.6) is 0 Å². The molecule has 0 radical (unpaired) electrons. The molecule has 0 aliphatic heterocycles. The molecule has 0 bridgehead atoms. The second-order valence-corrected chi connectivity index (χ2v) is 6.69. The number of rotatable bonds is 5. The Hall–Kier alpha value is -1.23. The van der Waals surface area contributed by atoms with Crippen molar-refractivity contribution in [1.29, 1.82) is 0 Å². The van der Waals surface area contributed by atoms with Crippen molar-refractivity contribution in [1.82, 2.24) is 0 Å². The van der Waals surface area contributed by atoms with Crippen LogP contribution in [-0.4, -0.2) is 9.96 Å². The molecule has 0 aliphatic carbocycles. The third-order valence-electron chi connectivity index (χ3n) is 3.30. The molecule has 0 heterocycles. The van der Waals surface area contributed by atoms with Gasteiger partial charge in [-0.25, -0.2) is 4.39 Å². The molecule has 5 heteroatoms. The van der Waals surface area contributed by atoms with Crippen molar-refractivity contribution >= 4 is 22.4 Å². The van der Waals surface area contributed by atoms with Gasteiger partial charge in [0.25, 0.3) is 0 Å². The van der Waals surface area contributed by atoms with E-state index in [2.05, 4.69) is 6.92 Å². The van der Waals surface area contributed by atoms with E-state index in [-0.39, 0.29) is 16.8 Å². The second-order valence-electron chi connectivity index (χ2n) is 4.79. The maximum Gasteiger partial charge on any atom is 0.141 e. The summed E-state index contributed by atoms with van der Waals surface area (Å²) in [4.78, 5) is 0.488. The molecular weight excluding hydrogens is 309 g/mol. The van der Waals surface area contributed by atoms with Crippen molar-refractivity contribution in [3.8, 4) is 0 Å². The highest BCUT2D eigenvalue weighted by Gasteiger charge is 2.13. The normalized spacial score (nSPS) is 13.9. The summed E-state index contributed by atoms with van der Waals surface area (Å²) < 4.78 is 25.4. The van der Waals surface area contributed by atoms with Gasteiger partial charge in [0.05, 0.1) is 15.8 Å². The summed E-state index contributed by atoms with van der Waals surface area (Å²) in [6.07, 6.45) is 0.968. The molecule has 0 aliphatic rings. The zero-order valence-electron chi connectivity index (χ0n) is 11.7. The van der Waals surface area contributed by atoms with Crippen LogP contribution in [0, 0.1) is 5.82 Å². The Morgan fingerprint density at radius 1 is 1.24 bits per heavy atom. The molecule has 21 heavy (non-hydrogen) atoms. The molecule has 2 unspecified atom stereocenters. The van der Waals surface area contributed by atoms with Crippen LogP contribution in [0.2, 0.25) is 5.02 Å². The maximum atomic E-state index is 13.1. The van der Waals surface area contributed by atoms with Gasteiger partial charge in [-0.1, -0.05) is 42.8 Å². The predicted molar refractivity (Wildman–Crippen MR) is 85.4 cm³/mol. The van der Waals surface area contributed by atoms with E-state index in [9.17, 15) is 8.60 Å².